The lowest BCUT2D eigenvalue weighted by molar-refractivity contribution is -0.145. The van der Waals surface area contributed by atoms with Crippen LogP contribution in [0.15, 0.2) is 41.3 Å². The molecule has 2 fully saturated rings. The Morgan fingerprint density at radius 2 is 1.73 bits per heavy atom. The summed E-state index contributed by atoms with van der Waals surface area (Å²) in [5.74, 6) is -1.62. The molecule has 0 spiro atoms. The van der Waals surface area contributed by atoms with Crippen LogP contribution in [0.4, 0.5) is 0 Å². The van der Waals surface area contributed by atoms with Crippen LogP contribution in [-0.4, -0.2) is 116 Å². The molecule has 2 atom stereocenters. The molecule has 0 bridgehead atoms. The molecule has 0 saturated carbocycles. The first-order chi connectivity index (χ1) is 19.4. The van der Waals surface area contributed by atoms with Gasteiger partial charge in [0, 0.05) is 43.8 Å². The maximum absolute atomic E-state index is 13.8. The summed E-state index contributed by atoms with van der Waals surface area (Å²) in [6, 6.07) is 7.53. The van der Waals surface area contributed by atoms with E-state index in [0.29, 0.717) is 36.7 Å². The number of hydrogen-bond acceptors (Lipinski definition) is 7. The smallest absolute Gasteiger partial charge is 0.245 e. The van der Waals surface area contributed by atoms with Crippen molar-refractivity contribution in [3.63, 3.8) is 0 Å². The number of nitrogens with two attached hydrogens (primary N) is 1. The molecule has 11 nitrogen and oxygen atoms in total. The first-order valence-electron chi connectivity index (χ1n) is 13.8. The van der Waals surface area contributed by atoms with E-state index in [0.717, 1.165) is 22.8 Å². The molecular weight excluding hydrogens is 570 g/mol. The quantitative estimate of drug-likeness (QED) is 0.409. The second-order valence-electron chi connectivity index (χ2n) is 10.8. The molecule has 3 amide bonds. The molecule has 2 aliphatic heterocycles. The van der Waals surface area contributed by atoms with Crippen LogP contribution >= 0.6 is 11.6 Å². The number of primary amides is 1. The Labute approximate surface area is 246 Å². The van der Waals surface area contributed by atoms with E-state index >= 15 is 0 Å². The molecule has 2 saturated heterocycles. The molecule has 2 aliphatic rings. The lowest BCUT2D eigenvalue weighted by Gasteiger charge is -2.35. The van der Waals surface area contributed by atoms with Crippen molar-refractivity contribution in [2.24, 2.45) is 5.73 Å². The van der Waals surface area contributed by atoms with E-state index in [1.807, 2.05) is 13.8 Å². The minimum Gasteiger partial charge on any atom is -0.379 e. The van der Waals surface area contributed by atoms with Crippen LogP contribution in [0.25, 0.3) is 10.8 Å². The Balaban J connectivity index is 1.53. The van der Waals surface area contributed by atoms with E-state index in [1.165, 1.54) is 17.0 Å². The Hall–Kier alpha value is -2.77. The standard InChI is InChI=1S/C28H38ClN5O6S/c1-19(2)32(11-10-31-12-14-40-15-13-31)27(36)20(3)33-9-8-25(28(33)37)34(18-26(30)35)41(38,39)24-7-5-21-16-23(29)6-4-22(21)17-24/h4-7,16-17,19-20,25H,8-15,18H2,1-3H3,(H2,30,35)/t20-,25-/m0/s1. The summed E-state index contributed by atoms with van der Waals surface area (Å²) in [4.78, 5) is 44.6. The van der Waals surface area contributed by atoms with Gasteiger partial charge in [0.2, 0.25) is 27.7 Å². The van der Waals surface area contributed by atoms with Gasteiger partial charge in [0.05, 0.1) is 24.7 Å². The van der Waals surface area contributed by atoms with Crippen LogP contribution in [0.5, 0.6) is 0 Å². The van der Waals surface area contributed by atoms with Gasteiger partial charge in [-0.1, -0.05) is 23.7 Å². The number of likely N-dealkylation sites (tertiary alicyclic amines) is 1. The van der Waals surface area contributed by atoms with Gasteiger partial charge in [-0.2, -0.15) is 4.31 Å². The van der Waals surface area contributed by atoms with Gasteiger partial charge in [-0.05, 0) is 62.2 Å². The van der Waals surface area contributed by atoms with Crippen molar-refractivity contribution in [1.82, 2.24) is 19.0 Å². The van der Waals surface area contributed by atoms with Gasteiger partial charge in [-0.3, -0.25) is 19.3 Å². The predicted octanol–water partition coefficient (Wildman–Crippen LogP) is 1.53. The molecular formula is C28H38ClN5O6S. The predicted molar refractivity (Wildman–Crippen MR) is 156 cm³/mol. The second kappa shape index (κ2) is 13.0. The molecule has 0 aliphatic carbocycles. The van der Waals surface area contributed by atoms with E-state index in [4.69, 9.17) is 22.1 Å². The molecule has 2 aromatic rings. The molecule has 0 unspecified atom stereocenters. The summed E-state index contributed by atoms with van der Waals surface area (Å²) in [5.41, 5.74) is 5.44. The van der Waals surface area contributed by atoms with Crippen molar-refractivity contribution in [1.29, 1.82) is 0 Å². The number of morpholine rings is 1. The van der Waals surface area contributed by atoms with Crippen LogP contribution in [0.1, 0.15) is 27.2 Å². The minimum absolute atomic E-state index is 0.0713. The molecule has 13 heteroatoms. The third-order valence-electron chi connectivity index (χ3n) is 7.74. The summed E-state index contributed by atoms with van der Waals surface area (Å²) in [7, 11) is -4.29. The van der Waals surface area contributed by atoms with Gasteiger partial charge in [0.25, 0.3) is 0 Å². The average Bonchev–Trinajstić information content (AvgIpc) is 3.31. The van der Waals surface area contributed by atoms with Crippen molar-refractivity contribution in [2.75, 3.05) is 52.5 Å². The highest BCUT2D eigenvalue weighted by molar-refractivity contribution is 7.89. The SMILES string of the molecule is CC(C)N(CCN1CCOCC1)C(=O)[C@H](C)N1CC[C@H](N(CC(N)=O)S(=O)(=O)c2ccc3cc(Cl)ccc3c2)C1=O. The van der Waals surface area contributed by atoms with E-state index in [-0.39, 0.29) is 29.8 Å². The van der Waals surface area contributed by atoms with Crippen LogP contribution in [0.2, 0.25) is 5.02 Å². The fourth-order valence-electron chi connectivity index (χ4n) is 5.42. The number of amides is 3. The number of benzene rings is 2. The van der Waals surface area contributed by atoms with E-state index in [2.05, 4.69) is 4.90 Å². The number of carbonyl (C=O) groups is 3. The largest absolute Gasteiger partial charge is 0.379 e. The normalized spacial score (nSPS) is 19.3. The van der Waals surface area contributed by atoms with Crippen molar-refractivity contribution >= 4 is 50.1 Å². The number of rotatable bonds is 11. The Morgan fingerprint density at radius 3 is 2.39 bits per heavy atom. The number of carbonyl (C=O) groups excluding carboxylic acids is 3. The summed E-state index contributed by atoms with van der Waals surface area (Å²) in [6.07, 6.45) is 0.127. The Morgan fingerprint density at radius 1 is 1.07 bits per heavy atom. The highest BCUT2D eigenvalue weighted by atomic mass is 35.5. The van der Waals surface area contributed by atoms with Crippen LogP contribution in [0.3, 0.4) is 0 Å². The van der Waals surface area contributed by atoms with Crippen LogP contribution < -0.4 is 5.73 Å². The molecule has 4 rings (SSSR count). The molecule has 2 heterocycles. The summed E-state index contributed by atoms with van der Waals surface area (Å²) in [6.45, 7) is 9.15. The van der Waals surface area contributed by atoms with Gasteiger partial charge in [0.15, 0.2) is 0 Å². The molecule has 2 aromatic carbocycles. The van der Waals surface area contributed by atoms with Gasteiger partial charge in [-0.25, -0.2) is 8.42 Å². The number of hydrogen-bond donors (Lipinski definition) is 1. The first kappa shape index (κ1) is 31.2. The van der Waals surface area contributed by atoms with Gasteiger partial charge >= 0.3 is 0 Å². The molecule has 41 heavy (non-hydrogen) atoms. The minimum atomic E-state index is -4.29. The third-order valence-corrected chi connectivity index (χ3v) is 9.83. The lowest BCUT2D eigenvalue weighted by atomic mass is 10.1. The summed E-state index contributed by atoms with van der Waals surface area (Å²) >= 11 is 6.06. The zero-order valence-electron chi connectivity index (χ0n) is 23.7. The summed E-state index contributed by atoms with van der Waals surface area (Å²) < 4.78 is 33.8. The number of halogens is 1. The van der Waals surface area contributed by atoms with Crippen LogP contribution in [-0.2, 0) is 29.1 Å². The van der Waals surface area contributed by atoms with Crippen LogP contribution in [0, 0.1) is 0 Å². The fourth-order valence-corrected chi connectivity index (χ4v) is 7.21. The zero-order chi connectivity index (χ0) is 29.9. The highest BCUT2D eigenvalue weighted by Crippen LogP contribution is 2.29. The van der Waals surface area contributed by atoms with Gasteiger partial charge < -0.3 is 20.3 Å². The Bertz CT molecular complexity index is 1400. The number of fused-ring (bicyclic) bond motifs is 1. The maximum atomic E-state index is 13.8. The number of nitrogens with zero attached hydrogens (tertiary/aromatic N) is 4. The number of sulfonamides is 1. The van der Waals surface area contributed by atoms with Gasteiger partial charge in [-0.15, -0.1) is 0 Å². The second-order valence-corrected chi connectivity index (χ2v) is 13.1. The van der Waals surface area contributed by atoms with E-state index < -0.39 is 40.5 Å². The lowest BCUT2D eigenvalue weighted by Crippen LogP contribution is -2.54. The zero-order valence-corrected chi connectivity index (χ0v) is 25.2. The molecule has 0 aromatic heterocycles. The van der Waals surface area contributed by atoms with Gasteiger partial charge in [0.1, 0.15) is 12.1 Å². The van der Waals surface area contributed by atoms with Crippen molar-refractivity contribution in [3.8, 4) is 0 Å². The first-order valence-corrected chi connectivity index (χ1v) is 15.6. The highest BCUT2D eigenvalue weighted by Gasteiger charge is 2.45. The maximum Gasteiger partial charge on any atom is 0.245 e. The Kier molecular flexibility index (Phi) is 9.91. The van der Waals surface area contributed by atoms with Crippen molar-refractivity contribution in [2.45, 2.75) is 50.2 Å². The van der Waals surface area contributed by atoms with E-state index in [9.17, 15) is 22.8 Å². The molecule has 2 N–H and O–H groups in total. The van der Waals surface area contributed by atoms with Crippen molar-refractivity contribution < 1.29 is 27.5 Å². The average molecular weight is 608 g/mol. The molecule has 224 valence electrons. The fraction of sp³-hybridized carbons (Fsp3) is 0.536. The summed E-state index contributed by atoms with van der Waals surface area (Å²) in [5, 5.41) is 1.90. The van der Waals surface area contributed by atoms with Crippen molar-refractivity contribution in [3.05, 3.63) is 41.4 Å². The monoisotopic (exact) mass is 607 g/mol. The third kappa shape index (κ3) is 7.00. The topological polar surface area (TPSA) is 134 Å². The number of ether oxygens (including phenoxy) is 1. The van der Waals surface area contributed by atoms with E-state index in [1.54, 1.807) is 36.1 Å². The molecule has 0 radical (unpaired) electrons.